The van der Waals surface area contributed by atoms with Crippen LogP contribution in [0.4, 0.5) is 0 Å². The number of benzene rings is 2. The van der Waals surface area contributed by atoms with Gasteiger partial charge in [-0.1, -0.05) is 36.4 Å². The van der Waals surface area contributed by atoms with Gasteiger partial charge in [-0.25, -0.2) is 0 Å². The van der Waals surface area contributed by atoms with Crippen molar-refractivity contribution >= 4 is 34.2 Å². The number of halogens is 1. The average molecular weight is 381 g/mol. The van der Waals surface area contributed by atoms with Gasteiger partial charge in [0, 0.05) is 22.4 Å². The number of aromatic amines is 2. The van der Waals surface area contributed by atoms with Crippen molar-refractivity contribution in [2.24, 2.45) is 10.2 Å². The second-order valence-electron chi connectivity index (χ2n) is 7.86. The van der Waals surface area contributed by atoms with Crippen LogP contribution in [0.3, 0.4) is 0 Å². The van der Waals surface area contributed by atoms with E-state index >= 15 is 0 Å². The van der Waals surface area contributed by atoms with E-state index < -0.39 is 11.1 Å². The van der Waals surface area contributed by atoms with Crippen molar-refractivity contribution in [2.75, 3.05) is 0 Å². The minimum Gasteiger partial charge on any atom is -0.356 e. The highest BCUT2D eigenvalue weighted by Crippen LogP contribution is 2.32. The molecule has 4 nitrogen and oxygen atoms in total. The van der Waals surface area contributed by atoms with Gasteiger partial charge in [0.2, 0.25) is 0 Å². The Morgan fingerprint density at radius 1 is 0.630 bits per heavy atom. The molecular formula is C22H25ClN4. The first-order valence-corrected chi connectivity index (χ1v) is 8.96. The van der Waals surface area contributed by atoms with Gasteiger partial charge in [-0.2, -0.15) is 10.2 Å². The van der Waals surface area contributed by atoms with Crippen LogP contribution in [0.2, 0.25) is 0 Å². The Labute approximate surface area is 165 Å². The minimum atomic E-state index is -0.428. The number of H-pyrrole nitrogens is 2. The summed E-state index contributed by atoms with van der Waals surface area (Å²) in [5.41, 5.74) is 3.52. The zero-order valence-corrected chi connectivity index (χ0v) is 16.9. The Hall–Kier alpha value is -2.59. The largest absolute Gasteiger partial charge is 0.356 e. The molecule has 140 valence electrons. The zero-order valence-electron chi connectivity index (χ0n) is 16.1. The molecule has 0 aliphatic rings. The van der Waals surface area contributed by atoms with Crippen LogP contribution in [0, 0.1) is 0 Å². The van der Waals surface area contributed by atoms with Crippen LogP contribution in [0.1, 0.15) is 39.1 Å². The first-order chi connectivity index (χ1) is 12.4. The van der Waals surface area contributed by atoms with Crippen molar-refractivity contribution in [1.29, 1.82) is 0 Å². The summed E-state index contributed by atoms with van der Waals surface area (Å²) >= 11 is 0. The number of para-hydroxylation sites is 2. The fourth-order valence-electron chi connectivity index (χ4n) is 3.16. The number of azo groups is 1. The molecule has 2 aromatic heterocycles. The monoisotopic (exact) mass is 380 g/mol. The van der Waals surface area contributed by atoms with Gasteiger partial charge in [0.25, 0.3) is 0 Å². The van der Waals surface area contributed by atoms with Gasteiger partial charge in [0.1, 0.15) is 11.1 Å². The highest BCUT2D eigenvalue weighted by atomic mass is 35.5. The Balaban J connectivity index is 0.00000210. The molecule has 0 saturated carbocycles. The standard InChI is InChI=1S/C22H24N4.ClH/c1-21(2,19-13-15-9-5-7-11-17(15)23-19)25-26-22(3,4)20-14-16-10-6-8-12-18(16)24-20;/h5-14,23-24H,1-4H3;1H. The number of nitrogens with one attached hydrogen (secondary N) is 2. The summed E-state index contributed by atoms with van der Waals surface area (Å²) in [7, 11) is 0. The number of nitrogens with zero attached hydrogens (tertiary/aromatic N) is 2. The van der Waals surface area contributed by atoms with Crippen molar-refractivity contribution in [2.45, 2.75) is 38.8 Å². The van der Waals surface area contributed by atoms with Crippen LogP contribution < -0.4 is 0 Å². The van der Waals surface area contributed by atoms with Crippen LogP contribution in [0.15, 0.2) is 70.9 Å². The highest BCUT2D eigenvalue weighted by Gasteiger charge is 2.27. The lowest BCUT2D eigenvalue weighted by Crippen LogP contribution is -2.18. The molecule has 0 bridgehead atoms. The first kappa shape index (κ1) is 19.2. The van der Waals surface area contributed by atoms with Gasteiger partial charge in [-0.05, 0) is 62.7 Å². The normalized spacial score (nSPS) is 12.7. The summed E-state index contributed by atoms with van der Waals surface area (Å²) in [4.78, 5) is 6.94. The maximum Gasteiger partial charge on any atom is 0.116 e. The summed E-state index contributed by atoms with van der Waals surface area (Å²) < 4.78 is 0. The summed E-state index contributed by atoms with van der Waals surface area (Å²) in [6.45, 7) is 8.34. The summed E-state index contributed by atoms with van der Waals surface area (Å²) in [6.07, 6.45) is 0. The van der Waals surface area contributed by atoms with E-state index in [4.69, 9.17) is 10.2 Å². The lowest BCUT2D eigenvalue weighted by atomic mass is 10.0. The Morgan fingerprint density at radius 3 is 1.37 bits per heavy atom. The molecule has 0 atom stereocenters. The van der Waals surface area contributed by atoms with Crippen molar-refractivity contribution in [3.63, 3.8) is 0 Å². The lowest BCUT2D eigenvalue weighted by molar-refractivity contribution is 0.429. The Morgan fingerprint density at radius 2 is 1.00 bits per heavy atom. The molecule has 2 N–H and O–H groups in total. The molecule has 4 aromatic rings. The molecule has 2 aromatic carbocycles. The van der Waals surface area contributed by atoms with E-state index in [2.05, 4.69) is 74.1 Å². The smallest absolute Gasteiger partial charge is 0.116 e. The number of fused-ring (bicyclic) bond motifs is 2. The van der Waals surface area contributed by atoms with E-state index in [1.54, 1.807) is 0 Å². The number of rotatable bonds is 4. The third kappa shape index (κ3) is 3.62. The van der Waals surface area contributed by atoms with Gasteiger partial charge in [0.05, 0.1) is 0 Å². The molecule has 5 heteroatoms. The fraction of sp³-hybridized carbons (Fsp3) is 0.273. The molecule has 0 fully saturated rings. The van der Waals surface area contributed by atoms with Crippen molar-refractivity contribution in [3.8, 4) is 0 Å². The molecule has 4 rings (SSSR count). The molecule has 0 aliphatic carbocycles. The quantitative estimate of drug-likeness (QED) is 0.370. The van der Waals surface area contributed by atoms with E-state index in [-0.39, 0.29) is 12.4 Å². The van der Waals surface area contributed by atoms with Crippen LogP contribution in [-0.4, -0.2) is 9.97 Å². The molecule has 27 heavy (non-hydrogen) atoms. The van der Waals surface area contributed by atoms with Crippen LogP contribution >= 0.6 is 12.4 Å². The SMILES string of the molecule is CC(C)(N=NC(C)(C)c1cc2ccccc2[nH]1)c1cc2ccccc2[nH]1.Cl. The maximum absolute atomic E-state index is 4.71. The third-order valence-corrected chi connectivity index (χ3v) is 4.93. The molecule has 0 amide bonds. The van der Waals surface area contributed by atoms with Crippen LogP contribution in [-0.2, 0) is 11.1 Å². The topological polar surface area (TPSA) is 56.3 Å². The average Bonchev–Trinajstić information content (AvgIpc) is 3.25. The van der Waals surface area contributed by atoms with Crippen LogP contribution in [0.25, 0.3) is 21.8 Å². The molecule has 2 heterocycles. The predicted molar refractivity (Wildman–Crippen MR) is 115 cm³/mol. The van der Waals surface area contributed by atoms with Crippen molar-refractivity contribution < 1.29 is 0 Å². The fourth-order valence-corrected chi connectivity index (χ4v) is 3.16. The molecule has 0 unspecified atom stereocenters. The van der Waals surface area contributed by atoms with Crippen LogP contribution in [0.5, 0.6) is 0 Å². The summed E-state index contributed by atoms with van der Waals surface area (Å²) in [6, 6.07) is 20.9. The van der Waals surface area contributed by atoms with Gasteiger partial charge in [0.15, 0.2) is 0 Å². The lowest BCUT2D eigenvalue weighted by Gasteiger charge is -2.22. The number of aromatic nitrogens is 2. The molecule has 0 saturated heterocycles. The Kier molecular flexibility index (Phi) is 4.87. The summed E-state index contributed by atoms with van der Waals surface area (Å²) in [5.74, 6) is 0. The first-order valence-electron chi connectivity index (χ1n) is 8.96. The predicted octanol–water partition coefficient (Wildman–Crippen LogP) is 6.69. The number of hydrogen-bond donors (Lipinski definition) is 2. The molecule has 0 aliphatic heterocycles. The maximum atomic E-state index is 4.71. The van der Waals surface area contributed by atoms with E-state index in [0.29, 0.717) is 0 Å². The van der Waals surface area contributed by atoms with Crippen molar-refractivity contribution in [1.82, 2.24) is 9.97 Å². The van der Waals surface area contributed by atoms with Crippen molar-refractivity contribution in [3.05, 3.63) is 72.1 Å². The van der Waals surface area contributed by atoms with Gasteiger partial charge in [-0.15, -0.1) is 12.4 Å². The van der Waals surface area contributed by atoms with E-state index in [9.17, 15) is 0 Å². The van der Waals surface area contributed by atoms with E-state index in [1.807, 2.05) is 24.3 Å². The zero-order chi connectivity index (χ0) is 18.4. The summed E-state index contributed by atoms with van der Waals surface area (Å²) in [5, 5.41) is 11.8. The molecule has 0 radical (unpaired) electrons. The third-order valence-electron chi connectivity index (χ3n) is 4.93. The Bertz CT molecular complexity index is 948. The number of hydrogen-bond acceptors (Lipinski definition) is 2. The molecule has 0 spiro atoms. The van der Waals surface area contributed by atoms with E-state index in [1.165, 1.54) is 10.8 Å². The van der Waals surface area contributed by atoms with Gasteiger partial charge >= 0.3 is 0 Å². The van der Waals surface area contributed by atoms with E-state index in [0.717, 1.165) is 22.4 Å². The second-order valence-corrected chi connectivity index (χ2v) is 7.86. The molecular weight excluding hydrogens is 356 g/mol. The second kappa shape index (κ2) is 6.86. The van der Waals surface area contributed by atoms with Gasteiger partial charge < -0.3 is 9.97 Å². The highest BCUT2D eigenvalue weighted by molar-refractivity contribution is 5.85. The van der Waals surface area contributed by atoms with Gasteiger partial charge in [-0.3, -0.25) is 0 Å². The minimum absolute atomic E-state index is 0.